The maximum absolute atomic E-state index is 12.0. The minimum absolute atomic E-state index is 0.194. The van der Waals surface area contributed by atoms with Crippen molar-refractivity contribution in [3.63, 3.8) is 0 Å². The first kappa shape index (κ1) is 13.2. The van der Waals surface area contributed by atoms with Crippen LogP contribution >= 0.6 is 0 Å². The van der Waals surface area contributed by atoms with Gasteiger partial charge in [0.25, 0.3) is 0 Å². The molecule has 0 atom stereocenters. The van der Waals surface area contributed by atoms with Gasteiger partial charge in [0.1, 0.15) is 0 Å². The molecule has 0 aliphatic heterocycles. The fourth-order valence-corrected chi connectivity index (χ4v) is 1.16. The molecule has 0 radical (unpaired) electrons. The number of rotatable bonds is 3. The topological polar surface area (TPSA) is 43.4 Å². The van der Waals surface area contributed by atoms with Crippen LogP contribution in [0.2, 0.25) is 0 Å². The Balaban J connectivity index is 2.76. The maximum atomic E-state index is 12.0. The zero-order chi connectivity index (χ0) is 13.1. The van der Waals surface area contributed by atoms with Crippen molar-refractivity contribution in [3.8, 4) is 0 Å². The highest BCUT2D eigenvalue weighted by Crippen LogP contribution is 2.19. The Hall–Kier alpha value is -1.85. The lowest BCUT2D eigenvalue weighted by Gasteiger charge is -2.05. The highest BCUT2D eigenvalue weighted by Gasteiger charge is 2.37. The number of ether oxygens (including phenoxy) is 1. The lowest BCUT2D eigenvalue weighted by molar-refractivity contribution is -0.170. The van der Waals surface area contributed by atoms with Crippen molar-refractivity contribution in [2.75, 3.05) is 7.11 Å². The molecule has 0 spiro atoms. The van der Waals surface area contributed by atoms with Crippen molar-refractivity contribution in [3.05, 3.63) is 35.4 Å². The third-order valence-electron chi connectivity index (χ3n) is 2.06. The number of Topliss-reactive ketones (excluding diaryl/α,β-unsaturated/α-hetero) is 1. The summed E-state index contributed by atoms with van der Waals surface area (Å²) in [5, 5.41) is 0. The Morgan fingerprint density at radius 1 is 1.18 bits per heavy atom. The SMILES string of the molecule is COC(=O)c1ccc(CC(=O)C(F)(F)F)cc1. The second kappa shape index (κ2) is 4.99. The van der Waals surface area contributed by atoms with E-state index < -0.39 is 24.3 Å². The van der Waals surface area contributed by atoms with Crippen molar-refractivity contribution in [1.29, 1.82) is 0 Å². The van der Waals surface area contributed by atoms with E-state index in [2.05, 4.69) is 4.74 Å². The smallest absolute Gasteiger partial charge is 0.450 e. The van der Waals surface area contributed by atoms with Crippen molar-refractivity contribution in [1.82, 2.24) is 0 Å². The predicted octanol–water partition coefficient (Wildman–Crippen LogP) is 2.15. The number of methoxy groups -OCH3 is 1. The summed E-state index contributed by atoms with van der Waals surface area (Å²) in [6.45, 7) is 0. The van der Waals surface area contributed by atoms with Gasteiger partial charge in [-0.2, -0.15) is 13.2 Å². The van der Waals surface area contributed by atoms with Crippen LogP contribution in [0.5, 0.6) is 0 Å². The molecular formula is C11H9F3O3. The minimum atomic E-state index is -4.83. The van der Waals surface area contributed by atoms with E-state index in [1.54, 1.807) is 0 Å². The van der Waals surface area contributed by atoms with E-state index in [4.69, 9.17) is 0 Å². The molecule has 0 fully saturated rings. The molecule has 0 aromatic heterocycles. The monoisotopic (exact) mass is 246 g/mol. The van der Waals surface area contributed by atoms with Gasteiger partial charge in [-0.25, -0.2) is 4.79 Å². The van der Waals surface area contributed by atoms with Crippen LogP contribution in [0.1, 0.15) is 15.9 Å². The van der Waals surface area contributed by atoms with Crippen molar-refractivity contribution >= 4 is 11.8 Å². The van der Waals surface area contributed by atoms with Gasteiger partial charge in [-0.15, -0.1) is 0 Å². The van der Waals surface area contributed by atoms with Crippen LogP contribution in [-0.2, 0) is 16.0 Å². The summed E-state index contributed by atoms with van der Waals surface area (Å²) in [6.07, 6.45) is -5.56. The molecule has 0 saturated heterocycles. The molecule has 0 heterocycles. The van der Waals surface area contributed by atoms with Crippen LogP contribution < -0.4 is 0 Å². The largest absolute Gasteiger partial charge is 0.465 e. The normalized spacial score (nSPS) is 11.1. The average molecular weight is 246 g/mol. The average Bonchev–Trinajstić information content (AvgIpc) is 2.27. The van der Waals surface area contributed by atoms with E-state index in [0.29, 0.717) is 0 Å². The number of carbonyl (C=O) groups is 2. The molecule has 0 bridgehead atoms. The molecule has 0 aliphatic carbocycles. The van der Waals surface area contributed by atoms with Crippen molar-refractivity contribution < 1.29 is 27.5 Å². The number of halogens is 3. The standard InChI is InChI=1S/C11H9F3O3/c1-17-10(16)8-4-2-7(3-5-8)6-9(15)11(12,13)14/h2-5H,6H2,1H3. The van der Waals surface area contributed by atoms with Crippen LogP contribution in [-0.4, -0.2) is 25.0 Å². The van der Waals surface area contributed by atoms with Crippen LogP contribution in [0.15, 0.2) is 24.3 Å². The summed E-state index contributed by atoms with van der Waals surface area (Å²) < 4.78 is 40.3. The van der Waals surface area contributed by atoms with Gasteiger partial charge >= 0.3 is 12.1 Å². The van der Waals surface area contributed by atoms with E-state index in [0.717, 1.165) is 0 Å². The summed E-state index contributed by atoms with van der Waals surface area (Å²) >= 11 is 0. The molecule has 0 aliphatic rings. The fraction of sp³-hybridized carbons (Fsp3) is 0.273. The van der Waals surface area contributed by atoms with Crippen LogP contribution in [0, 0.1) is 0 Å². The lowest BCUT2D eigenvalue weighted by Crippen LogP contribution is -2.24. The first-order valence-electron chi connectivity index (χ1n) is 4.62. The van der Waals surface area contributed by atoms with E-state index in [1.165, 1.54) is 31.4 Å². The molecule has 1 rings (SSSR count). The molecule has 0 saturated carbocycles. The molecule has 0 amide bonds. The Kier molecular flexibility index (Phi) is 3.88. The van der Waals surface area contributed by atoms with Crippen LogP contribution in [0.3, 0.4) is 0 Å². The summed E-state index contributed by atoms with van der Waals surface area (Å²) in [5.41, 5.74) is 0.413. The number of carbonyl (C=O) groups excluding carboxylic acids is 2. The molecule has 0 unspecified atom stereocenters. The van der Waals surface area contributed by atoms with Gasteiger partial charge < -0.3 is 4.74 Å². The van der Waals surface area contributed by atoms with Gasteiger partial charge in [0.05, 0.1) is 12.7 Å². The third kappa shape index (κ3) is 3.58. The fourth-order valence-electron chi connectivity index (χ4n) is 1.16. The highest BCUT2D eigenvalue weighted by molar-refractivity contribution is 5.90. The summed E-state index contributed by atoms with van der Waals surface area (Å²) in [5.74, 6) is -2.40. The van der Waals surface area contributed by atoms with Gasteiger partial charge in [-0.3, -0.25) is 4.79 Å². The molecule has 17 heavy (non-hydrogen) atoms. The third-order valence-corrected chi connectivity index (χ3v) is 2.06. The van der Waals surface area contributed by atoms with E-state index >= 15 is 0 Å². The van der Waals surface area contributed by atoms with Crippen molar-refractivity contribution in [2.24, 2.45) is 0 Å². The predicted molar refractivity (Wildman–Crippen MR) is 52.5 cm³/mol. The van der Waals surface area contributed by atoms with Crippen molar-refractivity contribution in [2.45, 2.75) is 12.6 Å². The molecule has 1 aromatic carbocycles. The maximum Gasteiger partial charge on any atom is 0.450 e. The Morgan fingerprint density at radius 2 is 1.71 bits per heavy atom. The number of alkyl halides is 3. The van der Waals surface area contributed by atoms with Gasteiger partial charge in [0.2, 0.25) is 5.78 Å². The molecule has 3 nitrogen and oxygen atoms in total. The number of benzene rings is 1. The summed E-state index contributed by atoms with van der Waals surface area (Å²) in [6, 6.07) is 5.20. The quantitative estimate of drug-likeness (QED) is 0.767. The van der Waals surface area contributed by atoms with E-state index in [9.17, 15) is 22.8 Å². The minimum Gasteiger partial charge on any atom is -0.465 e. The Morgan fingerprint density at radius 3 is 2.12 bits per heavy atom. The van der Waals surface area contributed by atoms with Gasteiger partial charge in [-0.05, 0) is 17.7 Å². The number of ketones is 1. The Bertz CT molecular complexity index is 421. The zero-order valence-corrected chi connectivity index (χ0v) is 8.88. The van der Waals surface area contributed by atoms with E-state index in [-0.39, 0.29) is 11.1 Å². The second-order valence-corrected chi connectivity index (χ2v) is 3.29. The van der Waals surface area contributed by atoms with Gasteiger partial charge in [0, 0.05) is 6.42 Å². The van der Waals surface area contributed by atoms with Gasteiger partial charge in [-0.1, -0.05) is 12.1 Å². The number of esters is 1. The first-order valence-corrected chi connectivity index (χ1v) is 4.62. The molecule has 0 N–H and O–H groups in total. The zero-order valence-electron chi connectivity index (χ0n) is 8.88. The number of hydrogen-bond acceptors (Lipinski definition) is 3. The number of hydrogen-bond donors (Lipinski definition) is 0. The lowest BCUT2D eigenvalue weighted by atomic mass is 10.1. The first-order chi connectivity index (χ1) is 7.84. The van der Waals surface area contributed by atoms with Crippen LogP contribution in [0.25, 0.3) is 0 Å². The molecule has 6 heteroatoms. The van der Waals surface area contributed by atoms with Crippen LogP contribution in [0.4, 0.5) is 13.2 Å². The summed E-state index contributed by atoms with van der Waals surface area (Å²) in [4.78, 5) is 21.7. The second-order valence-electron chi connectivity index (χ2n) is 3.29. The highest BCUT2D eigenvalue weighted by atomic mass is 19.4. The molecule has 1 aromatic rings. The Labute approximate surface area is 95.2 Å². The van der Waals surface area contributed by atoms with E-state index in [1.807, 2.05) is 0 Å². The summed E-state index contributed by atoms with van der Waals surface area (Å²) in [7, 11) is 1.20. The molecule has 92 valence electrons. The van der Waals surface area contributed by atoms with Gasteiger partial charge in [0.15, 0.2) is 0 Å². The molecular weight excluding hydrogens is 237 g/mol.